The van der Waals surface area contributed by atoms with E-state index in [1.807, 2.05) is 13.8 Å². The average Bonchev–Trinajstić information content (AvgIpc) is 2.55. The van der Waals surface area contributed by atoms with Crippen LogP contribution in [0.25, 0.3) is 0 Å². The number of nitrogens with zero attached hydrogens (tertiary/aromatic N) is 2. The van der Waals surface area contributed by atoms with Gasteiger partial charge in [-0.05, 0) is 31.6 Å². The number of aryl methyl sites for hydroxylation is 1. The van der Waals surface area contributed by atoms with Gasteiger partial charge in [0.15, 0.2) is 0 Å². The Morgan fingerprint density at radius 2 is 1.96 bits per heavy atom. The van der Waals surface area contributed by atoms with E-state index in [9.17, 15) is 14.7 Å². The molecule has 0 radical (unpaired) electrons. The summed E-state index contributed by atoms with van der Waals surface area (Å²) in [4.78, 5) is 32.6. The number of nitrogens with one attached hydrogen (secondary N) is 1. The Bertz CT molecular complexity index is 595. The van der Waals surface area contributed by atoms with Gasteiger partial charge in [0.25, 0.3) is 5.91 Å². The summed E-state index contributed by atoms with van der Waals surface area (Å²) in [6, 6.07) is 0. The summed E-state index contributed by atoms with van der Waals surface area (Å²) in [5.74, 6) is -0.771. The Balaban J connectivity index is 2.07. The molecule has 1 atom stereocenters. The molecule has 1 aromatic rings. The van der Waals surface area contributed by atoms with Crippen LogP contribution < -0.4 is 5.32 Å². The summed E-state index contributed by atoms with van der Waals surface area (Å²) < 4.78 is 0. The van der Waals surface area contributed by atoms with Gasteiger partial charge in [0.05, 0.1) is 17.2 Å². The normalized spacial score (nSPS) is 16.8. The number of hydrogen-bond acceptors (Lipinski definition) is 4. The van der Waals surface area contributed by atoms with Crippen LogP contribution in [0.5, 0.6) is 0 Å². The number of hydrogen-bond donors (Lipinski definition) is 2. The predicted octanol–water partition coefficient (Wildman–Crippen LogP) is 2.92. The lowest BCUT2D eigenvalue weighted by molar-refractivity contribution is -0.143. The predicted molar refractivity (Wildman–Crippen MR) is 90.9 cm³/mol. The van der Waals surface area contributed by atoms with Crippen LogP contribution in [-0.2, 0) is 4.79 Å². The molecule has 1 fully saturated rings. The number of carboxylic acids is 1. The first-order valence-electron chi connectivity index (χ1n) is 8.74. The zero-order chi connectivity index (χ0) is 17.7. The topological polar surface area (TPSA) is 92.2 Å². The fraction of sp³-hybridized carbons (Fsp3) is 0.667. The van der Waals surface area contributed by atoms with Crippen LogP contribution in [0.1, 0.15) is 73.7 Å². The zero-order valence-corrected chi connectivity index (χ0v) is 14.7. The number of amides is 1. The molecule has 0 aliphatic heterocycles. The maximum atomic E-state index is 12.5. The van der Waals surface area contributed by atoms with Crippen molar-refractivity contribution in [2.45, 2.75) is 58.8 Å². The van der Waals surface area contributed by atoms with Gasteiger partial charge in [-0.25, -0.2) is 9.97 Å². The molecule has 24 heavy (non-hydrogen) atoms. The molecule has 0 spiro atoms. The van der Waals surface area contributed by atoms with Crippen LogP contribution in [0.2, 0.25) is 0 Å². The van der Waals surface area contributed by atoms with E-state index in [4.69, 9.17) is 0 Å². The monoisotopic (exact) mass is 333 g/mol. The molecular weight excluding hydrogens is 306 g/mol. The van der Waals surface area contributed by atoms with Gasteiger partial charge >= 0.3 is 5.97 Å². The molecule has 6 heteroatoms. The third-order valence-electron chi connectivity index (χ3n) is 4.75. The maximum absolute atomic E-state index is 12.5. The molecule has 1 aliphatic rings. The highest BCUT2D eigenvalue weighted by atomic mass is 16.4. The molecule has 6 nitrogen and oxygen atoms in total. The van der Waals surface area contributed by atoms with Gasteiger partial charge in [0.2, 0.25) is 0 Å². The molecule has 2 rings (SSSR count). The van der Waals surface area contributed by atoms with Gasteiger partial charge in [-0.15, -0.1) is 0 Å². The lowest BCUT2D eigenvalue weighted by Gasteiger charge is -2.27. The Labute approximate surface area is 143 Å². The summed E-state index contributed by atoms with van der Waals surface area (Å²) in [6.45, 7) is 5.89. The summed E-state index contributed by atoms with van der Waals surface area (Å²) in [5.41, 5.74) is 1.13. The first kappa shape index (κ1) is 18.4. The van der Waals surface area contributed by atoms with Crippen LogP contribution in [0.4, 0.5) is 0 Å². The van der Waals surface area contributed by atoms with Gasteiger partial charge in [-0.3, -0.25) is 9.59 Å². The molecule has 1 aliphatic carbocycles. The number of carbonyl (C=O) groups excluding carboxylic acids is 1. The molecule has 1 aromatic heterocycles. The second kappa shape index (κ2) is 8.22. The Kier molecular flexibility index (Phi) is 6.29. The van der Waals surface area contributed by atoms with E-state index in [2.05, 4.69) is 15.3 Å². The van der Waals surface area contributed by atoms with Crippen molar-refractivity contribution in [3.05, 3.63) is 23.3 Å². The smallest absolute Gasteiger partial charge is 0.308 e. The average molecular weight is 333 g/mol. The third-order valence-corrected chi connectivity index (χ3v) is 4.75. The van der Waals surface area contributed by atoms with Crippen molar-refractivity contribution in [3.63, 3.8) is 0 Å². The van der Waals surface area contributed by atoms with Crippen LogP contribution >= 0.6 is 0 Å². The first-order valence-corrected chi connectivity index (χ1v) is 8.74. The second-order valence-electron chi connectivity index (χ2n) is 6.92. The highest BCUT2D eigenvalue weighted by Crippen LogP contribution is 2.30. The van der Waals surface area contributed by atoms with Crippen LogP contribution in [0.3, 0.4) is 0 Å². The maximum Gasteiger partial charge on any atom is 0.308 e. The Hall–Kier alpha value is -1.98. The van der Waals surface area contributed by atoms with Crippen LogP contribution in [0, 0.1) is 18.8 Å². The van der Waals surface area contributed by atoms with E-state index in [1.54, 1.807) is 6.92 Å². The number of aromatic nitrogens is 2. The lowest BCUT2D eigenvalue weighted by Crippen LogP contribution is -2.38. The van der Waals surface area contributed by atoms with Crippen LogP contribution in [-0.4, -0.2) is 33.5 Å². The van der Waals surface area contributed by atoms with E-state index < -0.39 is 11.9 Å². The van der Waals surface area contributed by atoms with Crippen molar-refractivity contribution in [3.8, 4) is 0 Å². The third kappa shape index (κ3) is 4.52. The second-order valence-corrected chi connectivity index (χ2v) is 6.92. The lowest BCUT2D eigenvalue weighted by atomic mass is 9.80. The van der Waals surface area contributed by atoms with Crippen molar-refractivity contribution in [1.82, 2.24) is 15.3 Å². The summed E-state index contributed by atoms with van der Waals surface area (Å²) >= 11 is 0. The summed E-state index contributed by atoms with van der Waals surface area (Å²) in [6.07, 6.45) is 6.71. The largest absolute Gasteiger partial charge is 0.481 e. The van der Waals surface area contributed by atoms with Crippen molar-refractivity contribution < 1.29 is 14.7 Å². The fourth-order valence-corrected chi connectivity index (χ4v) is 3.39. The molecule has 0 bridgehead atoms. The number of rotatable bonds is 6. The van der Waals surface area contributed by atoms with Crippen molar-refractivity contribution in [2.24, 2.45) is 11.8 Å². The van der Waals surface area contributed by atoms with E-state index in [0.29, 0.717) is 17.1 Å². The standard InChI is InChI=1S/C18H27N3O3/c1-11(2)16-15(10-19-12(3)21-16)17(22)20-9-14(18(23)24)13-7-5-4-6-8-13/h10-11,13-14H,4-9H2,1-3H3,(H,20,22)(H,23,24). The Morgan fingerprint density at radius 1 is 1.29 bits per heavy atom. The van der Waals surface area contributed by atoms with E-state index in [1.165, 1.54) is 12.6 Å². The number of aliphatic carboxylic acids is 1. The molecule has 1 unspecified atom stereocenters. The van der Waals surface area contributed by atoms with Crippen molar-refractivity contribution in [2.75, 3.05) is 6.54 Å². The number of carbonyl (C=O) groups is 2. The molecule has 132 valence electrons. The molecule has 1 saturated carbocycles. The molecule has 0 saturated heterocycles. The minimum atomic E-state index is -0.827. The van der Waals surface area contributed by atoms with Gasteiger partial charge in [-0.1, -0.05) is 33.1 Å². The molecule has 0 aromatic carbocycles. The van der Waals surface area contributed by atoms with Crippen LogP contribution in [0.15, 0.2) is 6.20 Å². The minimum absolute atomic E-state index is 0.0982. The summed E-state index contributed by atoms with van der Waals surface area (Å²) in [5, 5.41) is 12.3. The van der Waals surface area contributed by atoms with Crippen molar-refractivity contribution in [1.29, 1.82) is 0 Å². The highest BCUT2D eigenvalue weighted by molar-refractivity contribution is 5.95. The molecule has 1 amide bonds. The van der Waals surface area contributed by atoms with Gasteiger partial charge in [0.1, 0.15) is 5.82 Å². The van der Waals surface area contributed by atoms with E-state index in [-0.39, 0.29) is 24.3 Å². The minimum Gasteiger partial charge on any atom is -0.481 e. The highest BCUT2D eigenvalue weighted by Gasteiger charge is 2.30. The molecular formula is C18H27N3O3. The zero-order valence-electron chi connectivity index (χ0n) is 14.7. The molecule has 2 N–H and O–H groups in total. The van der Waals surface area contributed by atoms with E-state index >= 15 is 0 Å². The Morgan fingerprint density at radius 3 is 2.54 bits per heavy atom. The van der Waals surface area contributed by atoms with Gasteiger partial charge in [0, 0.05) is 12.7 Å². The van der Waals surface area contributed by atoms with Crippen molar-refractivity contribution >= 4 is 11.9 Å². The van der Waals surface area contributed by atoms with Gasteiger partial charge in [-0.2, -0.15) is 0 Å². The number of carboxylic acid groups (broad SMARTS) is 1. The van der Waals surface area contributed by atoms with Gasteiger partial charge < -0.3 is 10.4 Å². The molecule has 1 heterocycles. The first-order chi connectivity index (χ1) is 11.4. The summed E-state index contributed by atoms with van der Waals surface area (Å²) in [7, 11) is 0. The SMILES string of the molecule is Cc1ncc(C(=O)NCC(C(=O)O)C2CCCCC2)c(C(C)C)n1. The quantitative estimate of drug-likeness (QED) is 0.835. The van der Waals surface area contributed by atoms with E-state index in [0.717, 1.165) is 25.7 Å². The fourth-order valence-electron chi connectivity index (χ4n) is 3.39.